The largest absolute Gasteiger partial charge is 0.507 e. The van der Waals surface area contributed by atoms with Crippen LogP contribution in [0.5, 0.6) is 11.5 Å². The van der Waals surface area contributed by atoms with E-state index >= 15 is 0 Å². The predicted octanol–water partition coefficient (Wildman–Crippen LogP) is 2.32. The molecule has 0 unspecified atom stereocenters. The van der Waals surface area contributed by atoms with Crippen LogP contribution < -0.4 is 4.74 Å². The maximum Gasteiger partial charge on any atom is 0.166 e. The van der Waals surface area contributed by atoms with Gasteiger partial charge in [0.25, 0.3) is 0 Å². The number of Topliss-reactive ketones (excluding diaryl/α,β-unsaturated/α-hetero) is 1. The fourth-order valence-electron chi connectivity index (χ4n) is 1.54. The van der Waals surface area contributed by atoms with Crippen molar-refractivity contribution in [3.8, 4) is 11.5 Å². The van der Waals surface area contributed by atoms with E-state index in [9.17, 15) is 9.90 Å². The van der Waals surface area contributed by atoms with Crippen LogP contribution >= 0.6 is 0 Å². The molecule has 1 aromatic rings. The number of ketones is 1. The van der Waals surface area contributed by atoms with Crippen molar-refractivity contribution in [2.45, 2.75) is 19.8 Å². The molecule has 18 heavy (non-hydrogen) atoms. The number of aromatic hydroxyl groups is 1. The Morgan fingerprint density at radius 2 is 2.11 bits per heavy atom. The van der Waals surface area contributed by atoms with Crippen LogP contribution in [0.3, 0.4) is 0 Å². The van der Waals surface area contributed by atoms with Crippen LogP contribution in [0.25, 0.3) is 0 Å². The summed E-state index contributed by atoms with van der Waals surface area (Å²) in [5.74, 6) is 0.549. The van der Waals surface area contributed by atoms with Gasteiger partial charge in [0.2, 0.25) is 0 Å². The van der Waals surface area contributed by atoms with Gasteiger partial charge in [0.15, 0.2) is 5.78 Å². The lowest BCUT2D eigenvalue weighted by Gasteiger charge is -2.12. The molecular weight excluding hydrogens is 230 g/mol. The van der Waals surface area contributed by atoms with E-state index in [0.29, 0.717) is 24.3 Å². The van der Waals surface area contributed by atoms with Crippen LogP contribution in [0.15, 0.2) is 18.2 Å². The van der Waals surface area contributed by atoms with Gasteiger partial charge < -0.3 is 14.7 Å². The highest BCUT2D eigenvalue weighted by Crippen LogP contribution is 2.25. The van der Waals surface area contributed by atoms with Crippen LogP contribution in [0.2, 0.25) is 0 Å². The highest BCUT2D eigenvalue weighted by Gasteiger charge is 2.11. The number of ether oxygens (including phenoxy) is 1. The first-order chi connectivity index (χ1) is 8.54. The molecule has 0 saturated carbocycles. The average Bonchev–Trinajstić information content (AvgIpc) is 2.28. The predicted molar refractivity (Wildman–Crippen MR) is 71.4 cm³/mol. The fraction of sp³-hybridized carbons (Fsp3) is 0.500. The Kier molecular flexibility index (Phi) is 5.65. The molecular formula is C14H21NO3. The molecule has 100 valence electrons. The first-order valence-electron chi connectivity index (χ1n) is 6.18. The lowest BCUT2D eigenvalue weighted by atomic mass is 10.1. The summed E-state index contributed by atoms with van der Waals surface area (Å²) in [6.45, 7) is 3.29. The molecule has 0 heterocycles. The molecule has 0 atom stereocenters. The van der Waals surface area contributed by atoms with Crippen molar-refractivity contribution in [3.63, 3.8) is 0 Å². The number of hydrogen-bond donors (Lipinski definition) is 1. The molecule has 0 radical (unpaired) electrons. The third-order valence-electron chi connectivity index (χ3n) is 2.55. The zero-order chi connectivity index (χ0) is 13.5. The van der Waals surface area contributed by atoms with Crippen LogP contribution in [-0.4, -0.2) is 43.0 Å². The second-order valence-electron chi connectivity index (χ2n) is 4.50. The Morgan fingerprint density at radius 3 is 2.67 bits per heavy atom. The summed E-state index contributed by atoms with van der Waals surface area (Å²) < 4.78 is 5.48. The first-order valence-corrected chi connectivity index (χ1v) is 6.18. The maximum absolute atomic E-state index is 11.7. The second-order valence-corrected chi connectivity index (χ2v) is 4.50. The molecule has 1 N–H and O–H groups in total. The van der Waals surface area contributed by atoms with E-state index < -0.39 is 0 Å². The van der Waals surface area contributed by atoms with Crippen LogP contribution in [0, 0.1) is 0 Å². The van der Waals surface area contributed by atoms with Gasteiger partial charge in [0, 0.05) is 19.0 Å². The molecule has 1 aromatic carbocycles. The van der Waals surface area contributed by atoms with Crippen molar-refractivity contribution in [1.82, 2.24) is 4.90 Å². The minimum absolute atomic E-state index is 0.00389. The van der Waals surface area contributed by atoms with Crippen molar-refractivity contribution in [1.29, 1.82) is 0 Å². The summed E-state index contributed by atoms with van der Waals surface area (Å²) in [4.78, 5) is 13.7. The van der Waals surface area contributed by atoms with Crippen molar-refractivity contribution in [2.75, 3.05) is 27.2 Å². The number of carbonyl (C=O) groups is 1. The summed E-state index contributed by atoms with van der Waals surface area (Å²) in [6.07, 6.45) is 1.23. The van der Waals surface area contributed by atoms with Gasteiger partial charge in [-0.3, -0.25) is 4.79 Å². The van der Waals surface area contributed by atoms with Crippen LogP contribution in [0.1, 0.15) is 30.1 Å². The SMILES string of the molecule is CCCC(=O)c1ccc(OCCN(C)C)cc1O. The molecule has 0 aliphatic carbocycles. The van der Waals surface area contributed by atoms with Gasteiger partial charge in [0.1, 0.15) is 18.1 Å². The zero-order valence-electron chi connectivity index (χ0n) is 11.3. The molecule has 0 fully saturated rings. The van der Waals surface area contributed by atoms with E-state index in [1.807, 2.05) is 25.9 Å². The lowest BCUT2D eigenvalue weighted by molar-refractivity contribution is 0.0979. The van der Waals surface area contributed by atoms with Crippen molar-refractivity contribution in [2.24, 2.45) is 0 Å². The molecule has 1 rings (SSSR count). The highest BCUT2D eigenvalue weighted by atomic mass is 16.5. The van der Waals surface area contributed by atoms with E-state index in [2.05, 4.69) is 0 Å². The first kappa shape index (κ1) is 14.5. The lowest BCUT2D eigenvalue weighted by Crippen LogP contribution is -2.19. The number of likely N-dealkylation sites (N-methyl/N-ethyl adjacent to an activating group) is 1. The monoisotopic (exact) mass is 251 g/mol. The number of rotatable bonds is 7. The van der Waals surface area contributed by atoms with Gasteiger partial charge in [0.05, 0.1) is 5.56 Å². The summed E-state index contributed by atoms with van der Waals surface area (Å²) >= 11 is 0. The second kappa shape index (κ2) is 7.01. The topological polar surface area (TPSA) is 49.8 Å². The average molecular weight is 251 g/mol. The molecule has 0 saturated heterocycles. The molecule has 0 aliphatic heterocycles. The van der Waals surface area contributed by atoms with E-state index in [4.69, 9.17) is 4.74 Å². The Morgan fingerprint density at radius 1 is 1.39 bits per heavy atom. The number of nitrogens with zero attached hydrogens (tertiary/aromatic N) is 1. The van der Waals surface area contributed by atoms with Gasteiger partial charge >= 0.3 is 0 Å². The minimum Gasteiger partial charge on any atom is -0.507 e. The smallest absolute Gasteiger partial charge is 0.166 e. The molecule has 0 bridgehead atoms. The van der Waals surface area contributed by atoms with Gasteiger partial charge in [-0.25, -0.2) is 0 Å². The summed E-state index contributed by atoms with van der Waals surface area (Å²) in [5.41, 5.74) is 0.372. The molecule has 4 nitrogen and oxygen atoms in total. The van der Waals surface area contributed by atoms with E-state index in [-0.39, 0.29) is 11.5 Å². The van der Waals surface area contributed by atoms with Gasteiger partial charge in [-0.1, -0.05) is 6.92 Å². The normalized spacial score (nSPS) is 10.7. The Labute approximate surface area is 108 Å². The number of carbonyl (C=O) groups excluding carboxylic acids is 1. The van der Waals surface area contributed by atoms with E-state index in [1.54, 1.807) is 12.1 Å². The highest BCUT2D eigenvalue weighted by molar-refractivity contribution is 5.98. The summed E-state index contributed by atoms with van der Waals surface area (Å²) in [6, 6.07) is 4.84. The number of phenolic OH excluding ortho intramolecular Hbond substituents is 1. The standard InChI is InChI=1S/C14H21NO3/c1-4-5-13(16)12-7-6-11(10-14(12)17)18-9-8-15(2)3/h6-7,10,17H,4-5,8-9H2,1-3H3. The molecule has 0 aromatic heterocycles. The summed E-state index contributed by atoms with van der Waals surface area (Å²) in [7, 11) is 3.93. The third kappa shape index (κ3) is 4.37. The number of benzene rings is 1. The zero-order valence-corrected chi connectivity index (χ0v) is 11.3. The quantitative estimate of drug-likeness (QED) is 0.756. The minimum atomic E-state index is -0.0326. The maximum atomic E-state index is 11.7. The number of phenols is 1. The van der Waals surface area contributed by atoms with Crippen LogP contribution in [0.4, 0.5) is 0 Å². The molecule has 0 spiro atoms. The molecule has 4 heteroatoms. The van der Waals surface area contributed by atoms with E-state index in [1.165, 1.54) is 6.07 Å². The Hall–Kier alpha value is -1.55. The molecule has 0 amide bonds. The van der Waals surface area contributed by atoms with Gasteiger partial charge in [-0.05, 0) is 32.6 Å². The number of hydrogen-bond acceptors (Lipinski definition) is 4. The third-order valence-corrected chi connectivity index (χ3v) is 2.55. The van der Waals surface area contributed by atoms with Crippen molar-refractivity contribution < 1.29 is 14.6 Å². The van der Waals surface area contributed by atoms with Crippen molar-refractivity contribution >= 4 is 5.78 Å². The summed E-state index contributed by atoms with van der Waals surface area (Å²) in [5, 5.41) is 9.79. The molecule has 0 aliphatic rings. The van der Waals surface area contributed by atoms with Crippen LogP contribution in [-0.2, 0) is 0 Å². The fourth-order valence-corrected chi connectivity index (χ4v) is 1.54. The Bertz CT molecular complexity index is 402. The van der Waals surface area contributed by atoms with Gasteiger partial charge in [-0.2, -0.15) is 0 Å². The Balaban J connectivity index is 2.64. The van der Waals surface area contributed by atoms with Gasteiger partial charge in [-0.15, -0.1) is 0 Å². The van der Waals surface area contributed by atoms with Crippen molar-refractivity contribution in [3.05, 3.63) is 23.8 Å². The van der Waals surface area contributed by atoms with E-state index in [0.717, 1.165) is 13.0 Å².